The van der Waals surface area contributed by atoms with Crippen LogP contribution in [0, 0.1) is 5.92 Å². The molecule has 0 radical (unpaired) electrons. The molecule has 11 heteroatoms. The van der Waals surface area contributed by atoms with E-state index in [-0.39, 0.29) is 11.6 Å². The average Bonchev–Trinajstić information content (AvgIpc) is 2.97. The number of amides is 1. The van der Waals surface area contributed by atoms with Gasteiger partial charge in [0.2, 0.25) is 5.91 Å². The number of nitrogens with one attached hydrogen (secondary N) is 1. The van der Waals surface area contributed by atoms with Gasteiger partial charge in [0.1, 0.15) is 5.82 Å². The van der Waals surface area contributed by atoms with Gasteiger partial charge in [0.15, 0.2) is 5.65 Å². The summed E-state index contributed by atoms with van der Waals surface area (Å²) in [5, 5.41) is 19.2. The summed E-state index contributed by atoms with van der Waals surface area (Å²) in [5.41, 5.74) is 1.63. The van der Waals surface area contributed by atoms with Crippen molar-refractivity contribution < 1.29 is 23.2 Å². The van der Waals surface area contributed by atoms with Crippen LogP contribution in [-0.4, -0.2) is 44.0 Å². The summed E-state index contributed by atoms with van der Waals surface area (Å²) < 4.78 is 39.2. The predicted molar refractivity (Wildman–Crippen MR) is 70.7 cm³/mol. The third-order valence-corrected chi connectivity index (χ3v) is 3.80. The van der Waals surface area contributed by atoms with Crippen molar-refractivity contribution in [2.75, 3.05) is 18.0 Å². The fraction of sp³-hybridized carbons (Fsp3) is 0.500. The number of fused-ring (bicyclic) bond motifs is 1. The normalized spacial score (nSPS) is 16.8. The molecule has 0 aliphatic carbocycles. The predicted octanol–water partition coefficient (Wildman–Crippen LogP) is 0.865. The minimum absolute atomic E-state index is 0.00983. The van der Waals surface area contributed by atoms with Crippen LogP contribution in [0.25, 0.3) is 5.65 Å². The smallest absolute Gasteiger partial charge is 0.355 e. The SMILES string of the molecule is O=C(NO)C1CCN(c2ccc3nnc(C(F)(F)F)n3n2)CC1. The molecule has 2 aromatic rings. The average molecular weight is 330 g/mol. The van der Waals surface area contributed by atoms with Crippen LogP contribution in [0.4, 0.5) is 19.0 Å². The monoisotopic (exact) mass is 330 g/mol. The molecule has 1 fully saturated rings. The fourth-order valence-corrected chi connectivity index (χ4v) is 2.59. The molecule has 2 aromatic heterocycles. The molecule has 8 nitrogen and oxygen atoms in total. The highest BCUT2D eigenvalue weighted by molar-refractivity contribution is 5.77. The Kier molecular flexibility index (Phi) is 3.80. The Balaban J connectivity index is 1.83. The topological polar surface area (TPSA) is 95.7 Å². The van der Waals surface area contributed by atoms with E-state index in [0.717, 1.165) is 0 Å². The highest BCUT2D eigenvalue weighted by atomic mass is 19.4. The molecule has 0 atom stereocenters. The van der Waals surface area contributed by atoms with Gasteiger partial charge in [0, 0.05) is 19.0 Å². The summed E-state index contributed by atoms with van der Waals surface area (Å²) in [6.07, 6.45) is -3.70. The zero-order valence-electron chi connectivity index (χ0n) is 11.8. The van der Waals surface area contributed by atoms with E-state index in [1.165, 1.54) is 6.07 Å². The zero-order chi connectivity index (χ0) is 16.6. The highest BCUT2D eigenvalue weighted by Crippen LogP contribution is 2.28. The number of anilines is 1. The molecule has 3 heterocycles. The lowest BCUT2D eigenvalue weighted by Crippen LogP contribution is -2.40. The van der Waals surface area contributed by atoms with Crippen molar-refractivity contribution in [3.05, 3.63) is 18.0 Å². The van der Waals surface area contributed by atoms with E-state index in [0.29, 0.717) is 36.3 Å². The van der Waals surface area contributed by atoms with Crippen LogP contribution in [-0.2, 0) is 11.0 Å². The number of nitrogens with zero attached hydrogens (tertiary/aromatic N) is 5. The number of aromatic nitrogens is 4. The van der Waals surface area contributed by atoms with Crippen molar-refractivity contribution in [3.63, 3.8) is 0 Å². The molecule has 0 aromatic carbocycles. The molecule has 23 heavy (non-hydrogen) atoms. The number of alkyl halides is 3. The van der Waals surface area contributed by atoms with Crippen LogP contribution in [0.5, 0.6) is 0 Å². The Hall–Kier alpha value is -2.43. The Morgan fingerprint density at radius 3 is 2.57 bits per heavy atom. The number of piperidine rings is 1. The summed E-state index contributed by atoms with van der Waals surface area (Å²) in [6, 6.07) is 2.98. The first kappa shape index (κ1) is 15.5. The van der Waals surface area contributed by atoms with Crippen LogP contribution >= 0.6 is 0 Å². The molecular weight excluding hydrogens is 317 g/mol. The molecular formula is C12H13F3N6O2. The molecule has 1 saturated heterocycles. The number of hydrogen-bond acceptors (Lipinski definition) is 6. The van der Waals surface area contributed by atoms with Crippen LogP contribution in [0.1, 0.15) is 18.7 Å². The van der Waals surface area contributed by atoms with Crippen LogP contribution in [0.15, 0.2) is 12.1 Å². The number of carbonyl (C=O) groups is 1. The largest absolute Gasteiger partial charge is 0.453 e. The Bertz CT molecular complexity index is 723. The quantitative estimate of drug-likeness (QED) is 0.626. The Morgan fingerprint density at radius 1 is 1.26 bits per heavy atom. The van der Waals surface area contributed by atoms with E-state index in [1.54, 1.807) is 16.4 Å². The minimum atomic E-state index is -4.64. The summed E-state index contributed by atoms with van der Waals surface area (Å²) in [6.45, 7) is 0.889. The van der Waals surface area contributed by atoms with E-state index in [1.807, 2.05) is 0 Å². The molecule has 1 amide bonds. The van der Waals surface area contributed by atoms with E-state index in [2.05, 4.69) is 15.3 Å². The van der Waals surface area contributed by atoms with Gasteiger partial charge >= 0.3 is 6.18 Å². The molecule has 0 saturated carbocycles. The summed E-state index contributed by atoms with van der Waals surface area (Å²) >= 11 is 0. The molecule has 1 aliphatic rings. The summed E-state index contributed by atoms with van der Waals surface area (Å²) in [5.74, 6) is -1.60. The first-order chi connectivity index (χ1) is 10.9. The van der Waals surface area contributed by atoms with Crippen LogP contribution in [0.2, 0.25) is 0 Å². The molecule has 2 N–H and O–H groups in total. The Morgan fingerprint density at radius 2 is 1.96 bits per heavy atom. The first-order valence-electron chi connectivity index (χ1n) is 6.88. The highest BCUT2D eigenvalue weighted by Gasteiger charge is 2.38. The van der Waals surface area contributed by atoms with Gasteiger partial charge in [-0.25, -0.2) is 5.48 Å². The molecule has 124 valence electrons. The van der Waals surface area contributed by atoms with Crippen molar-refractivity contribution in [2.24, 2.45) is 5.92 Å². The third-order valence-electron chi connectivity index (χ3n) is 3.80. The lowest BCUT2D eigenvalue weighted by atomic mass is 9.96. The maximum absolute atomic E-state index is 12.9. The molecule has 0 unspecified atom stereocenters. The van der Waals surface area contributed by atoms with Gasteiger partial charge in [-0.15, -0.1) is 15.3 Å². The summed E-state index contributed by atoms with van der Waals surface area (Å²) in [7, 11) is 0. The van der Waals surface area contributed by atoms with Gasteiger partial charge in [-0.2, -0.15) is 17.7 Å². The van der Waals surface area contributed by atoms with Crippen molar-refractivity contribution in [1.82, 2.24) is 25.3 Å². The van der Waals surface area contributed by atoms with Gasteiger partial charge in [-0.1, -0.05) is 0 Å². The number of carbonyl (C=O) groups excluding carboxylic acids is 1. The first-order valence-corrected chi connectivity index (χ1v) is 6.88. The standard InChI is InChI=1S/C12H13F3N6O2/c13-12(14,15)11-17-16-8-1-2-9(18-21(8)11)20-5-3-7(4-6-20)10(22)19-23/h1-2,7,23H,3-6H2,(H,19,22). The minimum Gasteiger partial charge on any atom is -0.355 e. The second-order valence-corrected chi connectivity index (χ2v) is 5.22. The van der Waals surface area contributed by atoms with Gasteiger partial charge < -0.3 is 4.90 Å². The lowest BCUT2D eigenvalue weighted by molar-refractivity contribution is -0.146. The van der Waals surface area contributed by atoms with E-state index in [9.17, 15) is 18.0 Å². The van der Waals surface area contributed by atoms with Crippen molar-refractivity contribution >= 4 is 17.4 Å². The lowest BCUT2D eigenvalue weighted by Gasteiger charge is -2.31. The van der Waals surface area contributed by atoms with E-state index >= 15 is 0 Å². The van der Waals surface area contributed by atoms with Crippen LogP contribution in [0.3, 0.4) is 0 Å². The van der Waals surface area contributed by atoms with Gasteiger partial charge in [-0.3, -0.25) is 10.0 Å². The second-order valence-electron chi connectivity index (χ2n) is 5.22. The number of halogens is 3. The van der Waals surface area contributed by atoms with Gasteiger partial charge in [0.25, 0.3) is 5.82 Å². The summed E-state index contributed by atoms with van der Waals surface area (Å²) in [4.78, 5) is 13.1. The molecule has 1 aliphatic heterocycles. The van der Waals surface area contributed by atoms with Gasteiger partial charge in [0.05, 0.1) is 0 Å². The molecule has 0 bridgehead atoms. The second kappa shape index (κ2) is 5.65. The fourth-order valence-electron chi connectivity index (χ4n) is 2.59. The van der Waals surface area contributed by atoms with Crippen molar-refractivity contribution in [1.29, 1.82) is 0 Å². The van der Waals surface area contributed by atoms with Crippen molar-refractivity contribution in [3.8, 4) is 0 Å². The molecule has 3 rings (SSSR count). The maximum atomic E-state index is 12.9. The van der Waals surface area contributed by atoms with Crippen LogP contribution < -0.4 is 10.4 Å². The third kappa shape index (κ3) is 2.91. The Labute approximate surface area is 127 Å². The van der Waals surface area contributed by atoms with E-state index in [4.69, 9.17) is 5.21 Å². The number of hydrogen-bond donors (Lipinski definition) is 2. The zero-order valence-corrected chi connectivity index (χ0v) is 11.8. The number of hydroxylamine groups is 1. The van der Waals surface area contributed by atoms with E-state index < -0.39 is 17.9 Å². The molecule has 0 spiro atoms. The van der Waals surface area contributed by atoms with Crippen molar-refractivity contribution in [2.45, 2.75) is 19.0 Å². The maximum Gasteiger partial charge on any atom is 0.453 e. The van der Waals surface area contributed by atoms with Gasteiger partial charge in [-0.05, 0) is 25.0 Å². The number of rotatable bonds is 2.